The largest absolute Gasteiger partial charge is 0.497 e. The number of piperidine rings is 1. The van der Waals surface area contributed by atoms with Crippen molar-refractivity contribution in [3.05, 3.63) is 65.2 Å². The summed E-state index contributed by atoms with van der Waals surface area (Å²) in [5.74, 6) is 0.878. The number of ether oxygens (including phenoxy) is 2. The van der Waals surface area contributed by atoms with Crippen LogP contribution in [0.2, 0.25) is 0 Å². The van der Waals surface area contributed by atoms with Crippen molar-refractivity contribution in [2.24, 2.45) is 0 Å². The summed E-state index contributed by atoms with van der Waals surface area (Å²) in [6, 6.07) is 16.5. The number of rotatable bonds is 7. The number of nitrogens with one attached hydrogen (secondary N) is 1. The van der Waals surface area contributed by atoms with Gasteiger partial charge in [0.05, 0.1) is 13.7 Å². The molecule has 0 bridgehead atoms. The van der Waals surface area contributed by atoms with Gasteiger partial charge in [-0.05, 0) is 61.8 Å². The van der Waals surface area contributed by atoms with E-state index in [9.17, 15) is 4.79 Å². The Morgan fingerprint density at radius 2 is 1.93 bits per heavy atom. The third-order valence-corrected chi connectivity index (χ3v) is 6.24. The lowest BCUT2D eigenvalue weighted by Gasteiger charge is -2.36. The van der Waals surface area contributed by atoms with E-state index in [0.29, 0.717) is 6.61 Å². The highest BCUT2D eigenvalue weighted by atomic mass is 16.5. The van der Waals surface area contributed by atoms with Crippen LogP contribution in [0.3, 0.4) is 0 Å². The molecule has 0 radical (unpaired) electrons. The zero-order valence-electron chi connectivity index (χ0n) is 17.9. The molecule has 2 aliphatic rings. The molecule has 1 aliphatic carbocycles. The highest BCUT2D eigenvalue weighted by molar-refractivity contribution is 5.75. The molecule has 1 aliphatic heterocycles. The van der Waals surface area contributed by atoms with Gasteiger partial charge >= 0.3 is 6.03 Å². The lowest BCUT2D eigenvalue weighted by Crippen LogP contribution is -2.53. The Bertz CT molecular complexity index is 863. The Morgan fingerprint density at radius 3 is 2.77 bits per heavy atom. The van der Waals surface area contributed by atoms with Crippen LogP contribution in [0.4, 0.5) is 4.79 Å². The van der Waals surface area contributed by atoms with Crippen molar-refractivity contribution in [1.29, 1.82) is 0 Å². The zero-order valence-corrected chi connectivity index (χ0v) is 17.9. The SMILES string of the molecule is COc1cccc(CCCOC2(NC(=O)N3CCCCC3)CCc3ccccc32)c1. The number of methoxy groups -OCH3 is 1. The molecule has 1 fully saturated rings. The van der Waals surface area contributed by atoms with Crippen LogP contribution in [-0.4, -0.2) is 37.7 Å². The Kier molecular flexibility index (Phi) is 6.58. The predicted octanol–water partition coefficient (Wildman–Crippen LogP) is 4.64. The Morgan fingerprint density at radius 1 is 1.10 bits per heavy atom. The van der Waals surface area contributed by atoms with E-state index in [1.165, 1.54) is 17.5 Å². The van der Waals surface area contributed by atoms with E-state index in [4.69, 9.17) is 9.47 Å². The molecule has 2 aromatic carbocycles. The van der Waals surface area contributed by atoms with E-state index < -0.39 is 5.72 Å². The molecular weight excluding hydrogens is 376 g/mol. The molecule has 5 nitrogen and oxygen atoms in total. The van der Waals surface area contributed by atoms with Crippen molar-refractivity contribution in [3.8, 4) is 5.75 Å². The number of benzene rings is 2. The minimum Gasteiger partial charge on any atom is -0.497 e. The molecule has 160 valence electrons. The van der Waals surface area contributed by atoms with Gasteiger partial charge in [0.2, 0.25) is 0 Å². The zero-order chi connectivity index (χ0) is 20.8. The fourth-order valence-corrected chi connectivity index (χ4v) is 4.59. The van der Waals surface area contributed by atoms with Crippen molar-refractivity contribution in [2.75, 3.05) is 26.8 Å². The molecule has 1 atom stereocenters. The number of aryl methyl sites for hydroxylation is 2. The van der Waals surface area contributed by atoms with Crippen LogP contribution in [0, 0.1) is 0 Å². The van der Waals surface area contributed by atoms with Gasteiger partial charge in [0.15, 0.2) is 5.72 Å². The quantitative estimate of drug-likeness (QED) is 0.536. The van der Waals surface area contributed by atoms with Crippen molar-refractivity contribution in [1.82, 2.24) is 10.2 Å². The topological polar surface area (TPSA) is 50.8 Å². The summed E-state index contributed by atoms with van der Waals surface area (Å²) in [4.78, 5) is 15.0. The number of amides is 2. The molecular formula is C25H32N2O3. The maximum atomic E-state index is 13.0. The summed E-state index contributed by atoms with van der Waals surface area (Å²) in [6.45, 7) is 2.25. The fraction of sp³-hybridized carbons (Fsp3) is 0.480. The Hall–Kier alpha value is -2.53. The van der Waals surface area contributed by atoms with Crippen LogP contribution < -0.4 is 10.1 Å². The average molecular weight is 409 g/mol. The summed E-state index contributed by atoms with van der Waals surface area (Å²) in [5, 5.41) is 3.28. The molecule has 0 saturated carbocycles. The third-order valence-electron chi connectivity index (χ3n) is 6.24. The van der Waals surface area contributed by atoms with E-state index in [1.807, 2.05) is 23.1 Å². The van der Waals surface area contributed by atoms with Crippen molar-refractivity contribution < 1.29 is 14.3 Å². The number of hydrogen-bond donors (Lipinski definition) is 1. The third kappa shape index (κ3) is 4.62. The Balaban J connectivity index is 1.42. The van der Waals surface area contributed by atoms with Gasteiger partial charge in [-0.25, -0.2) is 4.79 Å². The van der Waals surface area contributed by atoms with Gasteiger partial charge in [-0.15, -0.1) is 0 Å². The van der Waals surface area contributed by atoms with Gasteiger partial charge in [-0.1, -0.05) is 36.4 Å². The highest BCUT2D eigenvalue weighted by Crippen LogP contribution is 2.38. The summed E-state index contributed by atoms with van der Waals surface area (Å²) in [6.07, 6.45) is 6.87. The Labute approximate surface area is 179 Å². The molecule has 30 heavy (non-hydrogen) atoms. The van der Waals surface area contributed by atoms with Crippen LogP contribution >= 0.6 is 0 Å². The number of urea groups is 1. The first kappa shape index (κ1) is 20.7. The average Bonchev–Trinajstić information content (AvgIpc) is 3.16. The predicted molar refractivity (Wildman–Crippen MR) is 118 cm³/mol. The van der Waals surface area contributed by atoms with Crippen LogP contribution in [0.5, 0.6) is 5.75 Å². The lowest BCUT2D eigenvalue weighted by molar-refractivity contribution is -0.0696. The highest BCUT2D eigenvalue weighted by Gasteiger charge is 2.42. The van der Waals surface area contributed by atoms with E-state index in [-0.39, 0.29) is 6.03 Å². The number of fused-ring (bicyclic) bond motifs is 1. The van der Waals surface area contributed by atoms with Gasteiger partial charge in [-0.3, -0.25) is 0 Å². The molecule has 0 spiro atoms. The monoisotopic (exact) mass is 408 g/mol. The summed E-state index contributed by atoms with van der Waals surface area (Å²) >= 11 is 0. The summed E-state index contributed by atoms with van der Waals surface area (Å²) in [7, 11) is 1.69. The standard InChI is InChI=1S/C25H32N2O3/c1-29-22-12-7-9-20(19-22)10-8-18-30-25(15-14-21-11-3-4-13-23(21)25)26-24(28)27-16-5-2-6-17-27/h3-4,7,9,11-13,19H,2,5-6,8,10,14-18H2,1H3,(H,26,28). The first-order valence-corrected chi connectivity index (χ1v) is 11.1. The molecule has 2 amide bonds. The van der Waals surface area contributed by atoms with E-state index in [1.54, 1.807) is 7.11 Å². The smallest absolute Gasteiger partial charge is 0.319 e. The van der Waals surface area contributed by atoms with E-state index >= 15 is 0 Å². The van der Waals surface area contributed by atoms with Crippen LogP contribution in [0.15, 0.2) is 48.5 Å². The van der Waals surface area contributed by atoms with Gasteiger partial charge in [0, 0.05) is 25.1 Å². The van der Waals surface area contributed by atoms with Crippen molar-refractivity contribution in [3.63, 3.8) is 0 Å². The molecule has 1 saturated heterocycles. The molecule has 5 heteroatoms. The molecule has 1 unspecified atom stereocenters. The minimum absolute atomic E-state index is 0.000742. The van der Waals surface area contributed by atoms with E-state index in [0.717, 1.165) is 62.9 Å². The fourth-order valence-electron chi connectivity index (χ4n) is 4.59. The molecule has 2 aromatic rings. The first-order chi connectivity index (χ1) is 14.7. The van der Waals surface area contributed by atoms with Gasteiger partial charge < -0.3 is 19.7 Å². The van der Waals surface area contributed by atoms with Crippen molar-refractivity contribution >= 4 is 6.03 Å². The number of likely N-dealkylation sites (tertiary alicyclic amines) is 1. The van der Waals surface area contributed by atoms with Crippen LogP contribution in [-0.2, 0) is 23.3 Å². The first-order valence-electron chi connectivity index (χ1n) is 11.1. The number of carbonyl (C=O) groups is 1. The molecule has 4 rings (SSSR count). The maximum Gasteiger partial charge on any atom is 0.319 e. The minimum atomic E-state index is -0.723. The second-order valence-electron chi connectivity index (χ2n) is 8.27. The maximum absolute atomic E-state index is 13.0. The molecule has 0 aromatic heterocycles. The number of hydrogen-bond acceptors (Lipinski definition) is 3. The summed E-state index contributed by atoms with van der Waals surface area (Å²) < 4.78 is 11.8. The van der Waals surface area contributed by atoms with Crippen molar-refractivity contribution in [2.45, 2.75) is 50.7 Å². The van der Waals surface area contributed by atoms with Gasteiger partial charge in [0.1, 0.15) is 5.75 Å². The van der Waals surface area contributed by atoms with Gasteiger partial charge in [-0.2, -0.15) is 0 Å². The number of nitrogens with zero attached hydrogens (tertiary/aromatic N) is 1. The number of carbonyl (C=O) groups excluding carboxylic acids is 1. The molecule has 1 heterocycles. The van der Waals surface area contributed by atoms with Gasteiger partial charge in [0.25, 0.3) is 0 Å². The van der Waals surface area contributed by atoms with E-state index in [2.05, 4.69) is 35.6 Å². The van der Waals surface area contributed by atoms with Crippen LogP contribution in [0.1, 0.15) is 48.8 Å². The van der Waals surface area contributed by atoms with Crippen LogP contribution in [0.25, 0.3) is 0 Å². The normalized spacial score (nSPS) is 20.6. The lowest BCUT2D eigenvalue weighted by atomic mass is 10.0. The summed E-state index contributed by atoms with van der Waals surface area (Å²) in [5.41, 5.74) is 2.89. The second-order valence-corrected chi connectivity index (χ2v) is 8.27. The second kappa shape index (κ2) is 9.52. The molecule has 1 N–H and O–H groups in total.